The van der Waals surface area contributed by atoms with Crippen LogP contribution in [0.3, 0.4) is 0 Å². The highest BCUT2D eigenvalue weighted by Gasteiger charge is 2.53. The first kappa shape index (κ1) is 17.8. The summed E-state index contributed by atoms with van der Waals surface area (Å²) >= 11 is 0. The van der Waals surface area contributed by atoms with E-state index in [1.54, 1.807) is 18.3 Å². The van der Waals surface area contributed by atoms with E-state index in [-0.39, 0.29) is 5.82 Å². The van der Waals surface area contributed by atoms with E-state index in [9.17, 15) is 8.78 Å². The van der Waals surface area contributed by atoms with Gasteiger partial charge in [-0.2, -0.15) is 0 Å². The molecule has 1 aromatic carbocycles. The molecule has 1 aliphatic heterocycles. The predicted octanol–water partition coefficient (Wildman–Crippen LogP) is 3.41. The van der Waals surface area contributed by atoms with Crippen LogP contribution >= 0.6 is 0 Å². The van der Waals surface area contributed by atoms with Crippen molar-refractivity contribution < 1.29 is 18.1 Å². The summed E-state index contributed by atoms with van der Waals surface area (Å²) in [5.74, 6) is -0.315. The Morgan fingerprint density at radius 3 is 2.56 bits per heavy atom. The van der Waals surface area contributed by atoms with Crippen LogP contribution in [0.1, 0.15) is 39.0 Å². The standard InChI is InChI=1S/C17H20BF2N3O2/c1-16(2)17(3,4)25-18(24-16)15(20)9-14-11-23(22-21-14)10-12-6-5-7-13(19)8-12/h5-9,11H,10H2,1-4H3. The molecule has 0 unspecified atom stereocenters. The van der Waals surface area contributed by atoms with E-state index in [1.807, 2.05) is 27.7 Å². The van der Waals surface area contributed by atoms with Crippen LogP contribution in [0.15, 0.2) is 36.2 Å². The minimum Gasteiger partial charge on any atom is -0.398 e. The molecule has 1 saturated heterocycles. The minimum absolute atomic E-state index is 0.315. The Morgan fingerprint density at radius 1 is 1.24 bits per heavy atom. The minimum atomic E-state index is -1.07. The lowest BCUT2D eigenvalue weighted by atomic mass is 9.87. The van der Waals surface area contributed by atoms with E-state index in [0.29, 0.717) is 12.2 Å². The van der Waals surface area contributed by atoms with Gasteiger partial charge in [0.2, 0.25) is 0 Å². The third-order valence-electron chi connectivity index (χ3n) is 4.55. The molecule has 0 spiro atoms. The van der Waals surface area contributed by atoms with E-state index >= 15 is 0 Å². The van der Waals surface area contributed by atoms with E-state index in [2.05, 4.69) is 10.3 Å². The zero-order valence-corrected chi connectivity index (χ0v) is 14.7. The summed E-state index contributed by atoms with van der Waals surface area (Å²) in [6, 6.07) is 6.20. The highest BCUT2D eigenvalue weighted by Crippen LogP contribution is 2.38. The Kier molecular flexibility index (Phi) is 4.51. The molecule has 0 atom stereocenters. The van der Waals surface area contributed by atoms with Crippen LogP contribution in [0.2, 0.25) is 0 Å². The maximum Gasteiger partial charge on any atom is 0.525 e. The van der Waals surface area contributed by atoms with E-state index in [4.69, 9.17) is 9.31 Å². The third kappa shape index (κ3) is 3.80. The van der Waals surface area contributed by atoms with Gasteiger partial charge in [-0.1, -0.05) is 17.3 Å². The summed E-state index contributed by atoms with van der Waals surface area (Å²) in [6.45, 7) is 7.77. The number of benzene rings is 1. The monoisotopic (exact) mass is 347 g/mol. The van der Waals surface area contributed by atoms with Crippen LogP contribution in [0.5, 0.6) is 0 Å². The number of nitrogens with zero attached hydrogens (tertiary/aromatic N) is 3. The van der Waals surface area contributed by atoms with Crippen LogP contribution < -0.4 is 0 Å². The first-order valence-electron chi connectivity index (χ1n) is 8.04. The molecule has 2 heterocycles. The highest BCUT2D eigenvalue weighted by molar-refractivity contribution is 6.54. The fourth-order valence-corrected chi connectivity index (χ4v) is 2.44. The first-order chi connectivity index (χ1) is 11.7. The molecule has 0 bridgehead atoms. The Morgan fingerprint density at radius 2 is 1.92 bits per heavy atom. The van der Waals surface area contributed by atoms with Crippen molar-refractivity contribution in [2.24, 2.45) is 0 Å². The summed E-state index contributed by atoms with van der Waals surface area (Å²) < 4.78 is 40.5. The molecule has 0 N–H and O–H groups in total. The van der Waals surface area contributed by atoms with Crippen LogP contribution in [0, 0.1) is 5.82 Å². The van der Waals surface area contributed by atoms with Crippen LogP contribution in [-0.4, -0.2) is 33.3 Å². The van der Waals surface area contributed by atoms with Crippen LogP contribution in [0.25, 0.3) is 6.08 Å². The van der Waals surface area contributed by atoms with Crippen LogP contribution in [-0.2, 0) is 15.9 Å². The van der Waals surface area contributed by atoms with Crippen molar-refractivity contribution in [2.45, 2.75) is 45.4 Å². The Labute approximate surface area is 145 Å². The van der Waals surface area contributed by atoms with Gasteiger partial charge in [0.05, 0.1) is 23.9 Å². The van der Waals surface area contributed by atoms with Gasteiger partial charge in [0.25, 0.3) is 0 Å². The molecule has 0 amide bonds. The molecule has 0 aliphatic carbocycles. The lowest BCUT2D eigenvalue weighted by molar-refractivity contribution is 0.00578. The van der Waals surface area contributed by atoms with E-state index in [1.165, 1.54) is 22.9 Å². The topological polar surface area (TPSA) is 49.2 Å². The van der Waals surface area contributed by atoms with Crippen molar-refractivity contribution in [3.05, 3.63) is 53.3 Å². The second-order valence-electron chi connectivity index (χ2n) is 7.09. The van der Waals surface area contributed by atoms with Gasteiger partial charge in [-0.3, -0.25) is 0 Å². The van der Waals surface area contributed by atoms with Gasteiger partial charge >= 0.3 is 7.12 Å². The zero-order valence-electron chi connectivity index (χ0n) is 14.7. The molecule has 0 saturated carbocycles. The summed E-state index contributed by atoms with van der Waals surface area (Å²) in [5.41, 5.74) is -0.720. The molecule has 8 heteroatoms. The molecule has 1 fully saturated rings. The summed E-state index contributed by atoms with van der Waals surface area (Å²) in [5, 5.41) is 7.84. The molecule has 1 aliphatic rings. The Hall–Kier alpha value is -2.06. The maximum atomic E-state index is 14.5. The van der Waals surface area contributed by atoms with Crippen molar-refractivity contribution in [1.29, 1.82) is 0 Å². The molecular weight excluding hydrogens is 327 g/mol. The van der Waals surface area contributed by atoms with Gasteiger partial charge in [-0.15, -0.1) is 5.10 Å². The van der Waals surface area contributed by atoms with Crippen molar-refractivity contribution in [1.82, 2.24) is 15.0 Å². The zero-order chi connectivity index (χ0) is 18.2. The molecule has 5 nitrogen and oxygen atoms in total. The smallest absolute Gasteiger partial charge is 0.398 e. The van der Waals surface area contributed by atoms with Gasteiger partial charge in [-0.05, 0) is 51.5 Å². The summed E-state index contributed by atoms with van der Waals surface area (Å²) in [6.07, 6.45) is 2.81. The molecule has 0 radical (unpaired) electrons. The van der Waals surface area contributed by atoms with Crippen LogP contribution in [0.4, 0.5) is 8.78 Å². The normalized spacial score (nSPS) is 19.4. The summed E-state index contributed by atoms with van der Waals surface area (Å²) in [4.78, 5) is 0. The number of halogens is 2. The Bertz CT molecular complexity index is 789. The van der Waals surface area contributed by atoms with Gasteiger partial charge in [-0.25, -0.2) is 13.5 Å². The van der Waals surface area contributed by atoms with Gasteiger partial charge in [0.1, 0.15) is 17.2 Å². The maximum absolute atomic E-state index is 14.5. The fraction of sp³-hybridized carbons (Fsp3) is 0.412. The van der Waals surface area contributed by atoms with E-state index < -0.39 is 24.0 Å². The fourth-order valence-electron chi connectivity index (χ4n) is 2.44. The van der Waals surface area contributed by atoms with Gasteiger partial charge in [0.15, 0.2) is 0 Å². The van der Waals surface area contributed by atoms with Gasteiger partial charge < -0.3 is 9.31 Å². The lowest BCUT2D eigenvalue weighted by Crippen LogP contribution is -2.41. The molecule has 1 aromatic heterocycles. The van der Waals surface area contributed by atoms with Crippen molar-refractivity contribution in [3.63, 3.8) is 0 Å². The van der Waals surface area contributed by atoms with Gasteiger partial charge in [0, 0.05) is 0 Å². The molecule has 25 heavy (non-hydrogen) atoms. The largest absolute Gasteiger partial charge is 0.525 e. The average Bonchev–Trinajstić information content (AvgIpc) is 3.01. The number of hydrogen-bond acceptors (Lipinski definition) is 4. The molecular formula is C17H20BF2N3O2. The van der Waals surface area contributed by atoms with Crippen molar-refractivity contribution in [3.8, 4) is 0 Å². The molecule has 2 aromatic rings. The lowest BCUT2D eigenvalue weighted by Gasteiger charge is -2.32. The second-order valence-corrected chi connectivity index (χ2v) is 7.09. The quantitative estimate of drug-likeness (QED) is 0.796. The molecule has 3 rings (SSSR count). The molecule has 132 valence electrons. The highest BCUT2D eigenvalue weighted by atomic mass is 19.1. The van der Waals surface area contributed by atoms with E-state index in [0.717, 1.165) is 5.56 Å². The third-order valence-corrected chi connectivity index (χ3v) is 4.55. The first-order valence-corrected chi connectivity index (χ1v) is 8.04. The van der Waals surface area contributed by atoms with Crippen molar-refractivity contribution >= 4 is 13.2 Å². The average molecular weight is 347 g/mol. The summed E-state index contributed by atoms with van der Waals surface area (Å²) in [7, 11) is -1.07. The number of aromatic nitrogens is 3. The SMILES string of the molecule is CC1(C)OB(C(F)=Cc2cn(Cc3cccc(F)c3)nn2)OC1(C)C. The number of rotatable bonds is 4. The predicted molar refractivity (Wildman–Crippen MR) is 90.7 cm³/mol. The van der Waals surface area contributed by atoms with Crippen molar-refractivity contribution in [2.75, 3.05) is 0 Å². The number of hydrogen-bond donors (Lipinski definition) is 0. The second kappa shape index (κ2) is 6.35. The Balaban J connectivity index is 1.71.